The first-order valence-corrected chi connectivity index (χ1v) is 11.3. The predicted molar refractivity (Wildman–Crippen MR) is 128 cm³/mol. The molecule has 3 N–H and O–H groups in total. The highest BCUT2D eigenvalue weighted by Crippen LogP contribution is 2.27. The second-order valence-corrected chi connectivity index (χ2v) is 8.35. The Balaban J connectivity index is 1.52. The Morgan fingerprint density at radius 2 is 1.94 bits per heavy atom. The van der Waals surface area contributed by atoms with E-state index in [1.54, 1.807) is 6.20 Å². The number of aromatic nitrogens is 2. The molecule has 0 radical (unpaired) electrons. The highest BCUT2D eigenvalue weighted by Gasteiger charge is 2.18. The molecule has 1 amide bonds. The van der Waals surface area contributed by atoms with Crippen molar-refractivity contribution in [1.82, 2.24) is 20.6 Å². The van der Waals surface area contributed by atoms with E-state index in [0.717, 1.165) is 46.8 Å². The normalized spacial score (nSPS) is 18.9. The zero-order chi connectivity index (χ0) is 22.6. The fourth-order valence-corrected chi connectivity index (χ4v) is 4.17. The van der Waals surface area contributed by atoms with E-state index >= 15 is 0 Å². The number of carbonyl (C=O) groups excluding carboxylic acids is 1. The number of rotatable bonds is 1. The molecule has 1 aromatic heterocycles. The number of benzene rings is 2. The van der Waals surface area contributed by atoms with Gasteiger partial charge in [0.15, 0.2) is 0 Å². The van der Waals surface area contributed by atoms with E-state index in [2.05, 4.69) is 44.0 Å². The van der Waals surface area contributed by atoms with Crippen molar-refractivity contribution in [1.29, 1.82) is 0 Å². The van der Waals surface area contributed by atoms with Crippen LogP contribution >= 0.6 is 0 Å². The topological polar surface area (TPSA) is 91.4 Å². The first-order valence-electron chi connectivity index (χ1n) is 11.3. The number of hydrogen-bond acceptors (Lipinski definition) is 7. The Hall–Kier alpha value is -3.49. The summed E-state index contributed by atoms with van der Waals surface area (Å²) < 4.78 is 5.52. The van der Waals surface area contributed by atoms with Crippen molar-refractivity contribution >= 4 is 23.2 Å². The van der Waals surface area contributed by atoms with E-state index < -0.39 is 0 Å². The monoisotopic (exact) mass is 444 g/mol. The van der Waals surface area contributed by atoms with Gasteiger partial charge in [-0.2, -0.15) is 0 Å². The van der Waals surface area contributed by atoms with Gasteiger partial charge in [0.1, 0.15) is 0 Å². The molecule has 8 nitrogen and oxygen atoms in total. The van der Waals surface area contributed by atoms with Gasteiger partial charge in [0.05, 0.1) is 24.9 Å². The molecule has 1 fully saturated rings. The molecule has 1 atom stereocenters. The quantitative estimate of drug-likeness (QED) is 0.532. The number of nitrogens with zero attached hydrogens (tertiary/aromatic N) is 3. The highest BCUT2D eigenvalue weighted by molar-refractivity contribution is 5.81. The third kappa shape index (κ3) is 4.97. The number of morpholine rings is 1. The number of amides is 1. The molecule has 33 heavy (non-hydrogen) atoms. The lowest BCUT2D eigenvalue weighted by molar-refractivity contribution is -0.122. The van der Waals surface area contributed by atoms with Crippen LogP contribution in [-0.2, 0) is 22.6 Å². The standard InChI is InChI=1S/C25H28N6O2/c1-17-24(32)28-16-20-14-21(5-6-23(20)31-9-11-33-12-10-31)29-25-26-8-7-22(30-25)19-4-2-3-18(13-19)15-27-17/h2-8,13-14,17,27H,9-12,15-16H2,1H3,(H,28,32)(H,26,29,30)/t17-/m0/s1. The molecule has 0 spiro atoms. The van der Waals surface area contributed by atoms with Crippen molar-refractivity contribution in [3.05, 3.63) is 65.9 Å². The lowest BCUT2D eigenvalue weighted by atomic mass is 10.1. The molecule has 2 aromatic carbocycles. The van der Waals surface area contributed by atoms with E-state index in [9.17, 15) is 4.79 Å². The van der Waals surface area contributed by atoms with Crippen molar-refractivity contribution in [3.8, 4) is 11.3 Å². The summed E-state index contributed by atoms with van der Waals surface area (Å²) in [5, 5.41) is 9.76. The second kappa shape index (κ2) is 9.56. The number of hydrogen-bond donors (Lipinski definition) is 3. The molecule has 6 bridgehead atoms. The summed E-state index contributed by atoms with van der Waals surface area (Å²) in [6.07, 6.45) is 1.77. The van der Waals surface area contributed by atoms with Gasteiger partial charge in [-0.05, 0) is 48.4 Å². The molecule has 3 aromatic rings. The van der Waals surface area contributed by atoms with Gasteiger partial charge >= 0.3 is 0 Å². The number of anilines is 3. The zero-order valence-corrected chi connectivity index (χ0v) is 18.7. The SMILES string of the molecule is C[C@@H]1NCc2cccc(c2)-c2ccnc(n2)Nc2ccc(N3CCOCC3)c(c2)CNC1=O. The van der Waals surface area contributed by atoms with E-state index in [1.165, 1.54) is 0 Å². The van der Waals surface area contributed by atoms with Crippen LogP contribution < -0.4 is 20.9 Å². The number of ether oxygens (including phenoxy) is 1. The summed E-state index contributed by atoms with van der Waals surface area (Å²) in [5.74, 6) is 0.504. The lowest BCUT2D eigenvalue weighted by Gasteiger charge is -2.31. The van der Waals surface area contributed by atoms with Crippen LogP contribution in [0.2, 0.25) is 0 Å². The average Bonchev–Trinajstić information content (AvgIpc) is 2.86. The van der Waals surface area contributed by atoms with Crippen LogP contribution in [0.4, 0.5) is 17.3 Å². The molecule has 0 unspecified atom stereocenters. The van der Waals surface area contributed by atoms with Crippen LogP contribution in [0, 0.1) is 0 Å². The van der Waals surface area contributed by atoms with Crippen LogP contribution in [-0.4, -0.2) is 48.2 Å². The van der Waals surface area contributed by atoms with Gasteiger partial charge in [-0.3, -0.25) is 4.79 Å². The van der Waals surface area contributed by atoms with Crippen molar-refractivity contribution in [2.45, 2.75) is 26.1 Å². The van der Waals surface area contributed by atoms with Crippen molar-refractivity contribution < 1.29 is 9.53 Å². The molecule has 2 aliphatic heterocycles. The second-order valence-electron chi connectivity index (χ2n) is 8.35. The number of nitrogens with one attached hydrogen (secondary N) is 3. The van der Waals surface area contributed by atoms with Gasteiger partial charge in [0.2, 0.25) is 11.9 Å². The summed E-state index contributed by atoms with van der Waals surface area (Å²) in [6.45, 7) is 5.97. The molecule has 5 rings (SSSR count). The molecule has 1 saturated heterocycles. The molecular weight excluding hydrogens is 416 g/mol. The summed E-state index contributed by atoms with van der Waals surface area (Å²) in [5.41, 5.74) is 5.96. The molecule has 2 aliphatic rings. The maximum Gasteiger partial charge on any atom is 0.237 e. The van der Waals surface area contributed by atoms with E-state index in [4.69, 9.17) is 9.72 Å². The van der Waals surface area contributed by atoms with Gasteiger partial charge in [-0.1, -0.05) is 18.2 Å². The van der Waals surface area contributed by atoms with Gasteiger partial charge < -0.3 is 25.6 Å². The fourth-order valence-electron chi connectivity index (χ4n) is 4.17. The van der Waals surface area contributed by atoms with Gasteiger partial charge in [0, 0.05) is 49.3 Å². The van der Waals surface area contributed by atoms with Crippen LogP contribution in [0.15, 0.2) is 54.7 Å². The zero-order valence-electron chi connectivity index (χ0n) is 18.7. The number of fused-ring (bicyclic) bond motifs is 7. The summed E-state index contributed by atoms with van der Waals surface area (Å²) >= 11 is 0. The summed E-state index contributed by atoms with van der Waals surface area (Å²) in [6, 6.07) is 15.9. The maximum absolute atomic E-state index is 12.8. The Morgan fingerprint density at radius 1 is 1.06 bits per heavy atom. The van der Waals surface area contributed by atoms with E-state index in [1.807, 2.05) is 37.3 Å². The highest BCUT2D eigenvalue weighted by atomic mass is 16.5. The Kier molecular flexibility index (Phi) is 6.19. The molecule has 0 saturated carbocycles. The minimum absolute atomic E-state index is 0.0295. The third-order valence-corrected chi connectivity index (χ3v) is 6.02. The largest absolute Gasteiger partial charge is 0.378 e. The van der Waals surface area contributed by atoms with Crippen LogP contribution in [0.3, 0.4) is 0 Å². The molecule has 3 heterocycles. The average molecular weight is 445 g/mol. The molecule has 8 heteroatoms. The fraction of sp³-hybridized carbons (Fsp3) is 0.320. The van der Waals surface area contributed by atoms with Gasteiger partial charge in [0.25, 0.3) is 0 Å². The molecule has 0 aliphatic carbocycles. The molecular formula is C25H28N6O2. The van der Waals surface area contributed by atoms with Crippen molar-refractivity contribution in [3.63, 3.8) is 0 Å². The van der Waals surface area contributed by atoms with Crippen LogP contribution in [0.25, 0.3) is 11.3 Å². The van der Waals surface area contributed by atoms with E-state index in [-0.39, 0.29) is 11.9 Å². The Morgan fingerprint density at radius 3 is 2.82 bits per heavy atom. The predicted octanol–water partition coefficient (Wildman–Crippen LogP) is 2.83. The summed E-state index contributed by atoms with van der Waals surface area (Å²) in [7, 11) is 0. The minimum atomic E-state index is -0.319. The smallest absolute Gasteiger partial charge is 0.237 e. The Bertz CT molecular complexity index is 1150. The van der Waals surface area contributed by atoms with E-state index in [0.29, 0.717) is 32.3 Å². The first-order chi connectivity index (χ1) is 16.2. The molecule has 170 valence electrons. The maximum atomic E-state index is 12.8. The van der Waals surface area contributed by atoms with Crippen molar-refractivity contribution in [2.75, 3.05) is 36.5 Å². The van der Waals surface area contributed by atoms with Crippen molar-refractivity contribution in [2.24, 2.45) is 0 Å². The number of carbonyl (C=O) groups is 1. The lowest BCUT2D eigenvalue weighted by Crippen LogP contribution is -2.42. The van der Waals surface area contributed by atoms with Gasteiger partial charge in [-0.15, -0.1) is 0 Å². The minimum Gasteiger partial charge on any atom is -0.378 e. The first kappa shape index (κ1) is 21.4. The van der Waals surface area contributed by atoms with Gasteiger partial charge in [-0.25, -0.2) is 9.97 Å². The van der Waals surface area contributed by atoms with Crippen LogP contribution in [0.5, 0.6) is 0 Å². The summed E-state index contributed by atoms with van der Waals surface area (Å²) in [4.78, 5) is 24.2. The Labute approximate surface area is 193 Å². The third-order valence-electron chi connectivity index (χ3n) is 6.02. The van der Waals surface area contributed by atoms with Crippen LogP contribution in [0.1, 0.15) is 18.1 Å².